The van der Waals surface area contributed by atoms with Gasteiger partial charge in [-0.1, -0.05) is 29.8 Å². The number of hydrogen-bond acceptors (Lipinski definition) is 3. The number of aryl methyl sites for hydroxylation is 1. The van der Waals surface area contributed by atoms with Gasteiger partial charge >= 0.3 is 0 Å². The predicted octanol–water partition coefficient (Wildman–Crippen LogP) is 3.09. The third-order valence-electron chi connectivity index (χ3n) is 4.75. The van der Waals surface area contributed by atoms with E-state index in [0.29, 0.717) is 6.42 Å². The molecule has 1 fully saturated rings. The third kappa shape index (κ3) is 4.27. The minimum absolute atomic E-state index is 0.0815. The van der Waals surface area contributed by atoms with E-state index in [2.05, 4.69) is 4.90 Å². The molecule has 0 atom stereocenters. The van der Waals surface area contributed by atoms with Crippen molar-refractivity contribution in [3.05, 3.63) is 65.2 Å². The number of nitrogens with zero attached hydrogens (tertiary/aromatic N) is 2. The molecule has 3 rings (SSSR count). The van der Waals surface area contributed by atoms with Crippen LogP contribution in [0, 0.1) is 6.92 Å². The van der Waals surface area contributed by atoms with Crippen molar-refractivity contribution in [3.8, 4) is 0 Å². The van der Waals surface area contributed by atoms with Crippen molar-refractivity contribution >= 4 is 17.4 Å². The Balaban J connectivity index is 1.55. The van der Waals surface area contributed by atoms with Gasteiger partial charge in [0.25, 0.3) is 0 Å². The van der Waals surface area contributed by atoms with E-state index in [1.165, 1.54) is 5.56 Å². The van der Waals surface area contributed by atoms with E-state index in [4.69, 9.17) is 0 Å². The molecule has 0 saturated carbocycles. The molecule has 0 N–H and O–H groups in total. The zero-order valence-electron chi connectivity index (χ0n) is 14.9. The number of carbonyl (C=O) groups excluding carboxylic acids is 2. The molecule has 0 radical (unpaired) electrons. The van der Waals surface area contributed by atoms with Crippen LogP contribution in [0.3, 0.4) is 0 Å². The van der Waals surface area contributed by atoms with Crippen LogP contribution in [0.1, 0.15) is 28.4 Å². The van der Waals surface area contributed by atoms with Crippen molar-refractivity contribution in [2.75, 3.05) is 31.1 Å². The number of benzene rings is 2. The molecule has 0 unspecified atom stereocenters. The smallest absolute Gasteiger partial charge is 0.227 e. The molecule has 0 spiro atoms. The van der Waals surface area contributed by atoms with Gasteiger partial charge < -0.3 is 9.80 Å². The predicted molar refractivity (Wildman–Crippen MR) is 100 cm³/mol. The number of rotatable bonds is 4. The maximum Gasteiger partial charge on any atom is 0.227 e. The lowest BCUT2D eigenvalue weighted by molar-refractivity contribution is -0.130. The van der Waals surface area contributed by atoms with Crippen molar-refractivity contribution in [2.24, 2.45) is 0 Å². The second-order valence-corrected chi connectivity index (χ2v) is 6.63. The maximum atomic E-state index is 12.5. The van der Waals surface area contributed by atoms with Crippen LogP contribution in [0.25, 0.3) is 0 Å². The van der Waals surface area contributed by atoms with Gasteiger partial charge in [0.15, 0.2) is 5.78 Å². The Kier molecular flexibility index (Phi) is 5.17. The average molecular weight is 336 g/mol. The second kappa shape index (κ2) is 7.51. The van der Waals surface area contributed by atoms with Gasteiger partial charge in [0.1, 0.15) is 0 Å². The first kappa shape index (κ1) is 17.2. The minimum atomic E-state index is 0.0815. The first-order chi connectivity index (χ1) is 12.0. The summed E-state index contributed by atoms with van der Waals surface area (Å²) in [6.07, 6.45) is 0.466. The van der Waals surface area contributed by atoms with E-state index >= 15 is 0 Å². The number of amides is 1. The molecule has 2 aromatic rings. The van der Waals surface area contributed by atoms with Gasteiger partial charge in [-0.25, -0.2) is 0 Å². The van der Waals surface area contributed by atoms with E-state index in [-0.39, 0.29) is 11.7 Å². The van der Waals surface area contributed by atoms with Gasteiger partial charge in [-0.05, 0) is 43.7 Å². The Hall–Kier alpha value is -2.62. The van der Waals surface area contributed by atoms with Gasteiger partial charge in [0.05, 0.1) is 6.42 Å². The van der Waals surface area contributed by atoms with Crippen LogP contribution in [0.5, 0.6) is 0 Å². The molecule has 1 heterocycles. The Labute approximate surface area is 149 Å². The summed E-state index contributed by atoms with van der Waals surface area (Å²) >= 11 is 0. The lowest BCUT2D eigenvalue weighted by Crippen LogP contribution is -2.49. The molecule has 25 heavy (non-hydrogen) atoms. The maximum absolute atomic E-state index is 12.5. The van der Waals surface area contributed by atoms with Gasteiger partial charge in [-0.15, -0.1) is 0 Å². The SMILES string of the molecule is CC(=O)c1ccc(N2CCN(C(=O)Cc3ccc(C)cc3)CC2)cc1. The zero-order valence-corrected chi connectivity index (χ0v) is 14.9. The van der Waals surface area contributed by atoms with E-state index in [1.807, 2.05) is 60.4 Å². The first-order valence-corrected chi connectivity index (χ1v) is 8.72. The molecular formula is C21H24N2O2. The van der Waals surface area contributed by atoms with Crippen molar-refractivity contribution in [2.45, 2.75) is 20.3 Å². The fourth-order valence-electron chi connectivity index (χ4n) is 3.11. The highest BCUT2D eigenvalue weighted by Crippen LogP contribution is 2.18. The third-order valence-corrected chi connectivity index (χ3v) is 4.75. The number of carbonyl (C=O) groups is 2. The molecule has 0 aliphatic carbocycles. The fourth-order valence-corrected chi connectivity index (χ4v) is 3.11. The molecule has 4 heteroatoms. The van der Waals surface area contributed by atoms with Crippen LogP contribution >= 0.6 is 0 Å². The largest absolute Gasteiger partial charge is 0.368 e. The molecule has 2 aromatic carbocycles. The summed E-state index contributed by atoms with van der Waals surface area (Å²) in [4.78, 5) is 28.1. The summed E-state index contributed by atoms with van der Waals surface area (Å²) in [5.74, 6) is 0.272. The summed E-state index contributed by atoms with van der Waals surface area (Å²) in [7, 11) is 0. The van der Waals surface area contributed by atoms with E-state index < -0.39 is 0 Å². The minimum Gasteiger partial charge on any atom is -0.368 e. The number of anilines is 1. The average Bonchev–Trinajstić information content (AvgIpc) is 2.64. The van der Waals surface area contributed by atoms with Crippen LogP contribution < -0.4 is 4.90 Å². The molecule has 0 bridgehead atoms. The molecule has 1 amide bonds. The summed E-state index contributed by atoms with van der Waals surface area (Å²) < 4.78 is 0. The highest BCUT2D eigenvalue weighted by Gasteiger charge is 2.21. The van der Waals surface area contributed by atoms with Crippen molar-refractivity contribution < 1.29 is 9.59 Å². The molecule has 4 nitrogen and oxygen atoms in total. The number of Topliss-reactive ketones (excluding diaryl/α,β-unsaturated/α-hetero) is 1. The Morgan fingerprint density at radius 2 is 1.48 bits per heavy atom. The topological polar surface area (TPSA) is 40.6 Å². The van der Waals surface area contributed by atoms with Crippen LogP contribution in [-0.4, -0.2) is 42.8 Å². The fraction of sp³-hybridized carbons (Fsp3) is 0.333. The van der Waals surface area contributed by atoms with Crippen molar-refractivity contribution in [1.29, 1.82) is 0 Å². The Morgan fingerprint density at radius 1 is 0.880 bits per heavy atom. The van der Waals surface area contributed by atoms with Gasteiger partial charge in [-0.2, -0.15) is 0 Å². The molecule has 0 aromatic heterocycles. The lowest BCUT2D eigenvalue weighted by Gasteiger charge is -2.36. The Bertz CT molecular complexity index is 742. The van der Waals surface area contributed by atoms with E-state index in [0.717, 1.165) is 43.0 Å². The van der Waals surface area contributed by atoms with Crippen molar-refractivity contribution in [1.82, 2.24) is 4.90 Å². The van der Waals surface area contributed by atoms with Crippen LogP contribution in [-0.2, 0) is 11.2 Å². The molecular weight excluding hydrogens is 312 g/mol. The molecule has 130 valence electrons. The van der Waals surface area contributed by atoms with Gasteiger partial charge in [0.2, 0.25) is 5.91 Å². The monoisotopic (exact) mass is 336 g/mol. The first-order valence-electron chi connectivity index (χ1n) is 8.72. The van der Waals surface area contributed by atoms with Crippen LogP contribution in [0.15, 0.2) is 48.5 Å². The van der Waals surface area contributed by atoms with Gasteiger partial charge in [0, 0.05) is 37.4 Å². The summed E-state index contributed by atoms with van der Waals surface area (Å²) in [5, 5.41) is 0. The highest BCUT2D eigenvalue weighted by atomic mass is 16.2. The normalized spacial score (nSPS) is 14.5. The van der Waals surface area contributed by atoms with E-state index in [9.17, 15) is 9.59 Å². The molecule has 1 saturated heterocycles. The molecule has 1 aliphatic rings. The number of hydrogen-bond donors (Lipinski definition) is 0. The lowest BCUT2D eigenvalue weighted by atomic mass is 10.1. The summed E-state index contributed by atoms with van der Waals surface area (Å²) in [6.45, 7) is 6.73. The highest BCUT2D eigenvalue weighted by molar-refractivity contribution is 5.94. The molecule has 1 aliphatic heterocycles. The second-order valence-electron chi connectivity index (χ2n) is 6.63. The standard InChI is InChI=1S/C21H24N2O2/c1-16-3-5-18(6-4-16)15-21(25)23-13-11-22(12-14-23)20-9-7-19(8-10-20)17(2)24/h3-10H,11-15H2,1-2H3. The zero-order chi connectivity index (χ0) is 17.8. The number of ketones is 1. The summed E-state index contributed by atoms with van der Waals surface area (Å²) in [6, 6.07) is 15.9. The number of piperazine rings is 1. The van der Waals surface area contributed by atoms with E-state index in [1.54, 1.807) is 6.92 Å². The van der Waals surface area contributed by atoms with Crippen molar-refractivity contribution in [3.63, 3.8) is 0 Å². The quantitative estimate of drug-likeness (QED) is 0.806. The summed E-state index contributed by atoms with van der Waals surface area (Å²) in [5.41, 5.74) is 4.12. The van der Waals surface area contributed by atoms with Crippen LogP contribution in [0.2, 0.25) is 0 Å². The Morgan fingerprint density at radius 3 is 2.04 bits per heavy atom. The van der Waals surface area contributed by atoms with Gasteiger partial charge in [-0.3, -0.25) is 9.59 Å². The van der Waals surface area contributed by atoms with Crippen LogP contribution in [0.4, 0.5) is 5.69 Å².